The fraction of sp³-hybridized carbons (Fsp3) is 0.533. The Morgan fingerprint density at radius 2 is 1.71 bits per heavy atom. The van der Waals surface area contributed by atoms with Crippen LogP contribution >= 0.6 is 0 Å². The van der Waals surface area contributed by atoms with Gasteiger partial charge in [0.25, 0.3) is 0 Å². The zero-order valence-corrected chi connectivity index (χ0v) is 11.4. The van der Waals surface area contributed by atoms with Gasteiger partial charge in [-0.05, 0) is 43.4 Å². The average molecular weight is 302 g/mol. The molecule has 1 fully saturated rings. The highest BCUT2D eigenvalue weighted by Crippen LogP contribution is 2.30. The fourth-order valence-electron chi connectivity index (χ4n) is 2.48. The first-order chi connectivity index (χ1) is 9.86. The lowest BCUT2D eigenvalue weighted by Crippen LogP contribution is -2.25. The summed E-state index contributed by atoms with van der Waals surface area (Å²) in [6.45, 7) is 0.251. The molecule has 1 aromatic carbocycles. The standard InChI is InChI=1S/C15H17F3O3/c16-15(17,18)12-5-1-10(2-6-12)9-21-13-7-3-11(4-8-13)14(19)20/h1-2,5-6,11,13H,3-4,7-9H2,(H,19,20)/t11-,13-. The first-order valence-electron chi connectivity index (χ1n) is 6.87. The van der Waals surface area contributed by atoms with Crippen LogP contribution in [0.1, 0.15) is 36.8 Å². The number of carboxylic acid groups (broad SMARTS) is 1. The molecule has 1 aliphatic rings. The predicted octanol–water partition coefficient (Wildman–Crippen LogP) is 3.87. The van der Waals surface area contributed by atoms with Crippen molar-refractivity contribution in [3.63, 3.8) is 0 Å². The van der Waals surface area contributed by atoms with Crippen molar-refractivity contribution >= 4 is 5.97 Å². The summed E-state index contributed by atoms with van der Waals surface area (Å²) in [5.41, 5.74) is 0.0107. The Hall–Kier alpha value is -1.56. The van der Waals surface area contributed by atoms with E-state index in [1.807, 2.05) is 0 Å². The Labute approximate surface area is 120 Å². The minimum atomic E-state index is -4.32. The zero-order chi connectivity index (χ0) is 15.5. The third-order valence-corrected chi connectivity index (χ3v) is 3.79. The van der Waals surface area contributed by atoms with Gasteiger partial charge in [0.2, 0.25) is 0 Å². The highest BCUT2D eigenvalue weighted by atomic mass is 19.4. The van der Waals surface area contributed by atoms with E-state index in [0.717, 1.165) is 12.1 Å². The van der Waals surface area contributed by atoms with Crippen molar-refractivity contribution in [2.45, 2.75) is 44.6 Å². The lowest BCUT2D eigenvalue weighted by Gasteiger charge is -2.26. The van der Waals surface area contributed by atoms with Gasteiger partial charge in [0.1, 0.15) is 0 Å². The molecule has 116 valence electrons. The van der Waals surface area contributed by atoms with Crippen molar-refractivity contribution in [2.24, 2.45) is 5.92 Å². The molecule has 0 unspecified atom stereocenters. The highest BCUT2D eigenvalue weighted by molar-refractivity contribution is 5.70. The van der Waals surface area contributed by atoms with Gasteiger partial charge in [0.15, 0.2) is 0 Å². The summed E-state index contributed by atoms with van der Waals surface area (Å²) in [5.74, 6) is -1.06. The van der Waals surface area contributed by atoms with E-state index in [9.17, 15) is 18.0 Å². The maximum atomic E-state index is 12.4. The molecule has 1 aromatic rings. The number of alkyl halides is 3. The number of carbonyl (C=O) groups is 1. The predicted molar refractivity (Wildman–Crippen MR) is 69.6 cm³/mol. The molecule has 0 amide bonds. The molecule has 0 saturated heterocycles. The molecule has 2 rings (SSSR count). The topological polar surface area (TPSA) is 46.5 Å². The van der Waals surface area contributed by atoms with Crippen molar-refractivity contribution in [3.8, 4) is 0 Å². The van der Waals surface area contributed by atoms with Crippen molar-refractivity contribution in [1.82, 2.24) is 0 Å². The second-order valence-corrected chi connectivity index (χ2v) is 5.32. The molecular weight excluding hydrogens is 285 g/mol. The molecule has 6 heteroatoms. The normalized spacial score (nSPS) is 23.0. The van der Waals surface area contributed by atoms with Gasteiger partial charge in [0, 0.05) is 0 Å². The van der Waals surface area contributed by atoms with Crippen LogP contribution in [0.2, 0.25) is 0 Å². The molecule has 0 heterocycles. The number of carboxylic acids is 1. The van der Waals surface area contributed by atoms with E-state index in [1.165, 1.54) is 12.1 Å². The number of ether oxygens (including phenoxy) is 1. The molecule has 0 spiro atoms. The van der Waals surface area contributed by atoms with E-state index in [-0.39, 0.29) is 18.6 Å². The van der Waals surface area contributed by atoms with Crippen LogP contribution in [0.15, 0.2) is 24.3 Å². The monoisotopic (exact) mass is 302 g/mol. The van der Waals surface area contributed by atoms with Crippen LogP contribution in [0.3, 0.4) is 0 Å². The molecule has 21 heavy (non-hydrogen) atoms. The van der Waals surface area contributed by atoms with Gasteiger partial charge in [-0.2, -0.15) is 13.2 Å². The molecule has 0 atom stereocenters. The van der Waals surface area contributed by atoms with Crippen LogP contribution in [0.25, 0.3) is 0 Å². The van der Waals surface area contributed by atoms with Gasteiger partial charge < -0.3 is 9.84 Å². The summed E-state index contributed by atoms with van der Waals surface area (Å²) in [6, 6.07) is 4.90. The number of hydrogen-bond acceptors (Lipinski definition) is 2. The number of aliphatic carboxylic acids is 1. The van der Waals surface area contributed by atoms with Gasteiger partial charge in [-0.3, -0.25) is 4.79 Å². The van der Waals surface area contributed by atoms with Crippen LogP contribution in [0.4, 0.5) is 13.2 Å². The van der Waals surface area contributed by atoms with E-state index < -0.39 is 17.7 Å². The number of rotatable bonds is 4. The van der Waals surface area contributed by atoms with E-state index in [4.69, 9.17) is 9.84 Å². The quantitative estimate of drug-likeness (QED) is 0.918. The van der Waals surface area contributed by atoms with Gasteiger partial charge in [-0.25, -0.2) is 0 Å². The fourth-order valence-corrected chi connectivity index (χ4v) is 2.48. The second-order valence-electron chi connectivity index (χ2n) is 5.32. The molecule has 3 nitrogen and oxygen atoms in total. The average Bonchev–Trinajstić information content (AvgIpc) is 2.45. The van der Waals surface area contributed by atoms with Gasteiger partial charge in [-0.1, -0.05) is 12.1 Å². The van der Waals surface area contributed by atoms with Gasteiger partial charge in [-0.15, -0.1) is 0 Å². The summed E-state index contributed by atoms with van der Waals surface area (Å²) < 4.78 is 42.9. The molecule has 0 aromatic heterocycles. The Kier molecular flexibility index (Phi) is 4.88. The van der Waals surface area contributed by atoms with Crippen LogP contribution < -0.4 is 0 Å². The van der Waals surface area contributed by atoms with Crippen LogP contribution in [0, 0.1) is 5.92 Å². The maximum Gasteiger partial charge on any atom is 0.416 e. The van der Waals surface area contributed by atoms with Crippen molar-refractivity contribution in [3.05, 3.63) is 35.4 Å². The Balaban J connectivity index is 1.80. The minimum absolute atomic E-state index is 0.0112. The van der Waals surface area contributed by atoms with Crippen molar-refractivity contribution in [1.29, 1.82) is 0 Å². The number of halogens is 3. The number of hydrogen-bond donors (Lipinski definition) is 1. The van der Waals surface area contributed by atoms with E-state index in [2.05, 4.69) is 0 Å². The van der Waals surface area contributed by atoms with E-state index in [0.29, 0.717) is 31.2 Å². The van der Waals surface area contributed by atoms with Gasteiger partial charge >= 0.3 is 12.1 Å². The molecule has 1 aliphatic carbocycles. The minimum Gasteiger partial charge on any atom is -0.481 e. The summed E-state index contributed by atoms with van der Waals surface area (Å²) >= 11 is 0. The Morgan fingerprint density at radius 1 is 1.14 bits per heavy atom. The molecule has 1 N–H and O–H groups in total. The largest absolute Gasteiger partial charge is 0.481 e. The van der Waals surface area contributed by atoms with E-state index in [1.54, 1.807) is 0 Å². The third-order valence-electron chi connectivity index (χ3n) is 3.79. The van der Waals surface area contributed by atoms with Crippen LogP contribution in [-0.4, -0.2) is 17.2 Å². The third kappa shape index (κ3) is 4.46. The molecule has 0 bridgehead atoms. The first kappa shape index (κ1) is 15.8. The van der Waals surface area contributed by atoms with Crippen LogP contribution in [0.5, 0.6) is 0 Å². The van der Waals surface area contributed by atoms with E-state index >= 15 is 0 Å². The maximum absolute atomic E-state index is 12.4. The number of benzene rings is 1. The molecule has 0 radical (unpaired) electrons. The molecule has 1 saturated carbocycles. The lowest BCUT2D eigenvalue weighted by molar-refractivity contribution is -0.144. The summed E-state index contributed by atoms with van der Waals surface area (Å²) in [7, 11) is 0. The second kappa shape index (κ2) is 6.47. The smallest absolute Gasteiger partial charge is 0.416 e. The first-order valence-corrected chi connectivity index (χ1v) is 6.87. The van der Waals surface area contributed by atoms with Crippen LogP contribution in [-0.2, 0) is 22.3 Å². The highest BCUT2D eigenvalue weighted by Gasteiger charge is 2.30. The van der Waals surface area contributed by atoms with Crippen molar-refractivity contribution < 1.29 is 27.8 Å². The SMILES string of the molecule is O=C(O)[C@H]1CC[C@H](OCc2ccc(C(F)(F)F)cc2)CC1. The van der Waals surface area contributed by atoms with Gasteiger partial charge in [0.05, 0.1) is 24.2 Å². The lowest BCUT2D eigenvalue weighted by atomic mass is 9.87. The summed E-state index contributed by atoms with van der Waals surface area (Å²) in [4.78, 5) is 10.8. The molecular formula is C15H17F3O3. The zero-order valence-electron chi connectivity index (χ0n) is 11.4. The molecule has 0 aliphatic heterocycles. The van der Waals surface area contributed by atoms with Crippen molar-refractivity contribution in [2.75, 3.05) is 0 Å². The Morgan fingerprint density at radius 3 is 2.19 bits per heavy atom. The summed E-state index contributed by atoms with van der Waals surface area (Å²) in [6.07, 6.45) is -1.80. The summed E-state index contributed by atoms with van der Waals surface area (Å²) in [5, 5.41) is 8.89. The Bertz CT molecular complexity index is 474.